The maximum atomic E-state index is 10.1. The molecule has 2 atom stereocenters. The highest BCUT2D eigenvalue weighted by Gasteiger charge is 2.11. The molecule has 0 amide bonds. The maximum absolute atomic E-state index is 10.1. The lowest BCUT2D eigenvalue weighted by atomic mass is 10.1. The minimum absolute atomic E-state index is 0.0411. The fraction of sp³-hybridized carbons (Fsp3) is 1.00. The van der Waals surface area contributed by atoms with Gasteiger partial charge in [-0.25, -0.2) is 5.11 Å². The van der Waals surface area contributed by atoms with E-state index < -0.39 is 0 Å². The Morgan fingerprint density at radius 2 is 2.11 bits per heavy atom. The zero-order valence-electron chi connectivity index (χ0n) is 5.44. The van der Waals surface area contributed by atoms with Crippen LogP contribution in [-0.4, -0.2) is 17.9 Å². The molecule has 0 N–H and O–H groups in total. The predicted molar refractivity (Wildman–Crippen MR) is 39.7 cm³/mol. The summed E-state index contributed by atoms with van der Waals surface area (Å²) in [4.78, 5) is 0. The first-order chi connectivity index (χ1) is 4.22. The highest BCUT2D eigenvalue weighted by atomic mass is 35.5. The lowest BCUT2D eigenvalue weighted by Crippen LogP contribution is -2.13. The van der Waals surface area contributed by atoms with E-state index in [9.17, 15) is 5.11 Å². The van der Waals surface area contributed by atoms with Gasteiger partial charge in [-0.2, -0.15) is 0 Å². The molecular weight excluding hydrogens is 159 g/mol. The quantitative estimate of drug-likeness (QED) is 0.577. The van der Waals surface area contributed by atoms with Gasteiger partial charge in [0, 0.05) is 11.3 Å². The Labute approximate surface area is 66.0 Å². The topological polar surface area (TPSA) is 19.9 Å². The molecule has 0 aromatic carbocycles. The first-order valence-electron chi connectivity index (χ1n) is 3.00. The SMILES string of the molecule is CC(CC[O])C(Cl)CCl. The Hall–Kier alpha value is 0.540. The van der Waals surface area contributed by atoms with Crippen LogP contribution in [0.3, 0.4) is 0 Å². The van der Waals surface area contributed by atoms with Gasteiger partial charge in [0.2, 0.25) is 0 Å². The Balaban J connectivity index is 3.32. The van der Waals surface area contributed by atoms with Crippen LogP contribution >= 0.6 is 23.2 Å². The smallest absolute Gasteiger partial charge is 0.0825 e. The number of rotatable bonds is 4. The highest BCUT2D eigenvalue weighted by Crippen LogP contribution is 2.14. The summed E-state index contributed by atoms with van der Waals surface area (Å²) in [5, 5.41) is 10.0. The lowest BCUT2D eigenvalue weighted by Gasteiger charge is -2.12. The molecular formula is C6H11Cl2O. The van der Waals surface area contributed by atoms with Crippen LogP contribution < -0.4 is 0 Å². The van der Waals surface area contributed by atoms with E-state index in [0.29, 0.717) is 12.3 Å². The zero-order valence-corrected chi connectivity index (χ0v) is 6.95. The second-order valence-electron chi connectivity index (χ2n) is 2.14. The van der Waals surface area contributed by atoms with Crippen molar-refractivity contribution in [1.82, 2.24) is 0 Å². The average Bonchev–Trinajstić information content (AvgIpc) is 1.87. The van der Waals surface area contributed by atoms with Crippen LogP contribution in [0.5, 0.6) is 0 Å². The lowest BCUT2D eigenvalue weighted by molar-refractivity contribution is 0.173. The van der Waals surface area contributed by atoms with Crippen LogP contribution in [0.4, 0.5) is 0 Å². The normalized spacial score (nSPS) is 17.3. The van der Waals surface area contributed by atoms with E-state index in [1.165, 1.54) is 0 Å². The van der Waals surface area contributed by atoms with Gasteiger partial charge >= 0.3 is 0 Å². The second kappa shape index (κ2) is 5.33. The summed E-state index contributed by atoms with van der Waals surface area (Å²) in [5.74, 6) is 0.685. The molecule has 9 heavy (non-hydrogen) atoms. The van der Waals surface area contributed by atoms with Gasteiger partial charge in [-0.1, -0.05) is 6.92 Å². The maximum Gasteiger partial charge on any atom is 0.0825 e. The van der Waals surface area contributed by atoms with Gasteiger partial charge in [-0.3, -0.25) is 0 Å². The number of hydrogen-bond donors (Lipinski definition) is 0. The van der Waals surface area contributed by atoms with E-state index in [1.54, 1.807) is 0 Å². The highest BCUT2D eigenvalue weighted by molar-refractivity contribution is 6.28. The van der Waals surface area contributed by atoms with Gasteiger partial charge in [-0.05, 0) is 12.3 Å². The van der Waals surface area contributed by atoms with E-state index in [4.69, 9.17) is 23.2 Å². The molecule has 1 nitrogen and oxygen atoms in total. The number of alkyl halides is 2. The van der Waals surface area contributed by atoms with Gasteiger partial charge < -0.3 is 0 Å². The minimum Gasteiger partial charge on any atom is -0.237 e. The van der Waals surface area contributed by atoms with Gasteiger partial charge in [0.15, 0.2) is 0 Å². The van der Waals surface area contributed by atoms with Gasteiger partial charge in [0.25, 0.3) is 0 Å². The first kappa shape index (κ1) is 9.54. The number of hydrogen-bond acceptors (Lipinski definition) is 0. The van der Waals surface area contributed by atoms with E-state index in [1.807, 2.05) is 6.92 Å². The predicted octanol–water partition coefficient (Wildman–Crippen LogP) is 2.29. The number of halogens is 2. The summed E-state index contributed by atoms with van der Waals surface area (Å²) < 4.78 is 0. The van der Waals surface area contributed by atoms with Crippen molar-refractivity contribution in [3.63, 3.8) is 0 Å². The van der Waals surface area contributed by atoms with Gasteiger partial charge in [0.1, 0.15) is 0 Å². The van der Waals surface area contributed by atoms with E-state index in [2.05, 4.69) is 0 Å². The molecule has 3 heteroatoms. The Morgan fingerprint density at radius 3 is 2.44 bits per heavy atom. The standard InChI is InChI=1S/C6H11Cl2O/c1-5(2-3-9)6(8)4-7/h5-6H,2-4H2,1H3. The fourth-order valence-electron chi connectivity index (χ4n) is 0.519. The van der Waals surface area contributed by atoms with Crippen LogP contribution in [0.25, 0.3) is 0 Å². The van der Waals surface area contributed by atoms with Gasteiger partial charge in [0.05, 0.1) is 6.61 Å². The molecule has 0 aromatic rings. The van der Waals surface area contributed by atoms with Crippen molar-refractivity contribution in [2.45, 2.75) is 18.7 Å². The van der Waals surface area contributed by atoms with Crippen molar-refractivity contribution < 1.29 is 5.11 Å². The van der Waals surface area contributed by atoms with E-state index >= 15 is 0 Å². The zero-order chi connectivity index (χ0) is 7.28. The molecule has 0 aliphatic heterocycles. The van der Waals surface area contributed by atoms with Crippen LogP contribution in [-0.2, 0) is 5.11 Å². The summed E-state index contributed by atoms with van der Waals surface area (Å²) >= 11 is 11.2. The molecule has 0 aliphatic rings. The third-order valence-corrected chi connectivity index (χ3v) is 2.41. The van der Waals surface area contributed by atoms with Crippen LogP contribution in [0.2, 0.25) is 0 Å². The molecule has 0 rings (SSSR count). The van der Waals surface area contributed by atoms with Crippen LogP contribution in [0.1, 0.15) is 13.3 Å². The van der Waals surface area contributed by atoms with Crippen molar-refractivity contribution in [3.8, 4) is 0 Å². The van der Waals surface area contributed by atoms with Crippen molar-refractivity contribution in [2.75, 3.05) is 12.5 Å². The molecule has 0 heterocycles. The summed E-state index contributed by atoms with van der Waals surface area (Å²) in [6.07, 6.45) is 0.626. The molecule has 0 saturated heterocycles. The van der Waals surface area contributed by atoms with Crippen LogP contribution in [0, 0.1) is 5.92 Å². The largest absolute Gasteiger partial charge is 0.237 e. The molecule has 2 unspecified atom stereocenters. The van der Waals surface area contributed by atoms with Crippen molar-refractivity contribution >= 4 is 23.2 Å². The molecule has 1 radical (unpaired) electrons. The molecule has 0 spiro atoms. The van der Waals surface area contributed by atoms with Crippen molar-refractivity contribution in [1.29, 1.82) is 0 Å². The Kier molecular flexibility index (Phi) is 5.65. The van der Waals surface area contributed by atoms with Crippen molar-refractivity contribution in [2.24, 2.45) is 5.92 Å². The van der Waals surface area contributed by atoms with Gasteiger partial charge in [-0.15, -0.1) is 23.2 Å². The second-order valence-corrected chi connectivity index (χ2v) is 3.01. The third-order valence-electron chi connectivity index (χ3n) is 1.34. The minimum atomic E-state index is -0.0543. The molecule has 55 valence electrons. The average molecular weight is 170 g/mol. The molecule has 0 aromatic heterocycles. The Morgan fingerprint density at radius 1 is 1.56 bits per heavy atom. The van der Waals surface area contributed by atoms with E-state index in [0.717, 1.165) is 0 Å². The van der Waals surface area contributed by atoms with Crippen LogP contribution in [0.15, 0.2) is 0 Å². The van der Waals surface area contributed by atoms with Crippen molar-refractivity contribution in [3.05, 3.63) is 0 Å². The Bertz CT molecular complexity index is 68.1. The van der Waals surface area contributed by atoms with E-state index in [-0.39, 0.29) is 17.9 Å². The fourth-order valence-corrected chi connectivity index (χ4v) is 0.949. The monoisotopic (exact) mass is 169 g/mol. The summed E-state index contributed by atoms with van der Waals surface area (Å²) in [5.41, 5.74) is 0. The third kappa shape index (κ3) is 4.01. The summed E-state index contributed by atoms with van der Waals surface area (Å²) in [7, 11) is 0. The summed E-state index contributed by atoms with van der Waals surface area (Å²) in [6, 6.07) is 0. The summed E-state index contributed by atoms with van der Waals surface area (Å²) in [6.45, 7) is 1.89. The molecule has 0 aliphatic carbocycles. The molecule has 0 fully saturated rings. The molecule has 0 bridgehead atoms. The first-order valence-corrected chi connectivity index (χ1v) is 3.97. The molecule has 0 saturated carbocycles.